The molecule has 0 aliphatic rings. The highest BCUT2D eigenvalue weighted by Gasteiger charge is 2.53. The molecule has 100 valence electrons. The maximum Gasteiger partial charge on any atom is 0.415 e. The van der Waals surface area contributed by atoms with Crippen molar-refractivity contribution in [1.29, 1.82) is 0 Å². The molecule has 1 aromatic rings. The predicted octanol–water partition coefficient (Wildman–Crippen LogP) is 1.29. The number of carbonyl (C=O) groups excluding carboxylic acids is 1. The lowest BCUT2D eigenvalue weighted by atomic mass is 10.0. The number of rotatable bonds is 3. The van der Waals surface area contributed by atoms with Crippen LogP contribution >= 0.6 is 0 Å². The van der Waals surface area contributed by atoms with Crippen LogP contribution < -0.4 is 11.1 Å². The summed E-state index contributed by atoms with van der Waals surface area (Å²) in [5, 5.41) is 2.14. The fraction of sp³-hybridized carbons (Fsp3) is 0.455. The van der Waals surface area contributed by atoms with Crippen molar-refractivity contribution >= 4 is 5.91 Å². The van der Waals surface area contributed by atoms with Gasteiger partial charge < -0.3 is 11.1 Å². The van der Waals surface area contributed by atoms with Crippen molar-refractivity contribution in [3.63, 3.8) is 0 Å². The number of nitrogens with two attached hydrogens (primary N) is 1. The summed E-state index contributed by atoms with van der Waals surface area (Å²) in [6, 6.07) is 3.37. The monoisotopic (exact) mass is 261 g/mol. The van der Waals surface area contributed by atoms with Gasteiger partial charge in [0.15, 0.2) is 5.54 Å². The fourth-order valence-electron chi connectivity index (χ4n) is 1.10. The average molecular weight is 261 g/mol. The minimum Gasteiger partial charge on any atom is -0.350 e. The molecule has 0 aliphatic carbocycles. The van der Waals surface area contributed by atoms with E-state index >= 15 is 0 Å². The van der Waals surface area contributed by atoms with E-state index in [4.69, 9.17) is 5.73 Å². The van der Waals surface area contributed by atoms with Crippen molar-refractivity contribution in [2.45, 2.75) is 32.1 Å². The van der Waals surface area contributed by atoms with Crippen LogP contribution in [0.2, 0.25) is 0 Å². The summed E-state index contributed by atoms with van der Waals surface area (Å²) in [5.41, 5.74) is 3.46. The minimum absolute atomic E-state index is 0.0466. The summed E-state index contributed by atoms with van der Waals surface area (Å²) in [7, 11) is 0. The third-order valence-electron chi connectivity index (χ3n) is 2.49. The third-order valence-corrected chi connectivity index (χ3v) is 2.49. The molecule has 1 aromatic heterocycles. The summed E-state index contributed by atoms with van der Waals surface area (Å²) >= 11 is 0. The Labute approximate surface area is 102 Å². The number of aromatic nitrogens is 1. The van der Waals surface area contributed by atoms with Gasteiger partial charge >= 0.3 is 6.18 Å². The third kappa shape index (κ3) is 3.19. The van der Waals surface area contributed by atoms with Crippen LogP contribution in [0.25, 0.3) is 0 Å². The van der Waals surface area contributed by atoms with E-state index in [0.29, 0.717) is 12.5 Å². The van der Waals surface area contributed by atoms with Crippen LogP contribution in [0.3, 0.4) is 0 Å². The molecule has 0 fully saturated rings. The van der Waals surface area contributed by atoms with Gasteiger partial charge in [-0.25, -0.2) is 0 Å². The Morgan fingerprint density at radius 2 is 2.06 bits per heavy atom. The van der Waals surface area contributed by atoms with E-state index < -0.39 is 17.6 Å². The maximum atomic E-state index is 12.5. The molecule has 0 radical (unpaired) electrons. The van der Waals surface area contributed by atoms with Gasteiger partial charge in [0.2, 0.25) is 5.91 Å². The van der Waals surface area contributed by atoms with Gasteiger partial charge in [-0.15, -0.1) is 0 Å². The van der Waals surface area contributed by atoms with E-state index in [-0.39, 0.29) is 6.54 Å². The Hall–Kier alpha value is -1.63. The maximum absolute atomic E-state index is 12.5. The number of carbonyl (C=O) groups is 1. The lowest BCUT2D eigenvalue weighted by Crippen LogP contribution is -2.61. The van der Waals surface area contributed by atoms with Gasteiger partial charge in [0, 0.05) is 18.4 Å². The molecule has 1 heterocycles. The van der Waals surface area contributed by atoms with E-state index in [0.717, 1.165) is 5.69 Å². The van der Waals surface area contributed by atoms with Gasteiger partial charge in [-0.3, -0.25) is 9.78 Å². The number of aryl methyl sites for hydroxylation is 1. The standard InChI is InChI=1S/C11H14F3N3O/c1-7-3-4-8(5-16-7)6-17-9(18)10(2,15)11(12,13)14/h3-5H,6,15H2,1-2H3,(H,17,18). The summed E-state index contributed by atoms with van der Waals surface area (Å²) in [4.78, 5) is 15.3. The molecule has 0 aromatic carbocycles. The fourth-order valence-corrected chi connectivity index (χ4v) is 1.10. The summed E-state index contributed by atoms with van der Waals surface area (Å²) in [5.74, 6) is -1.27. The number of pyridine rings is 1. The second kappa shape index (κ2) is 4.93. The first-order valence-corrected chi connectivity index (χ1v) is 5.20. The molecule has 0 spiro atoms. The van der Waals surface area contributed by atoms with Gasteiger partial charge in [-0.05, 0) is 25.5 Å². The van der Waals surface area contributed by atoms with Crippen LogP contribution in [0.5, 0.6) is 0 Å². The van der Waals surface area contributed by atoms with Crippen molar-refractivity contribution in [2.75, 3.05) is 0 Å². The van der Waals surface area contributed by atoms with Gasteiger partial charge in [0.05, 0.1) is 0 Å². The van der Waals surface area contributed by atoms with Crippen LogP contribution in [0.4, 0.5) is 13.2 Å². The van der Waals surface area contributed by atoms with Crippen molar-refractivity contribution in [1.82, 2.24) is 10.3 Å². The highest BCUT2D eigenvalue weighted by molar-refractivity contribution is 5.86. The molecular formula is C11H14F3N3O. The zero-order valence-electron chi connectivity index (χ0n) is 10.0. The largest absolute Gasteiger partial charge is 0.415 e. The molecule has 1 atom stereocenters. The van der Waals surface area contributed by atoms with Crippen LogP contribution in [-0.2, 0) is 11.3 Å². The van der Waals surface area contributed by atoms with E-state index in [9.17, 15) is 18.0 Å². The molecule has 1 unspecified atom stereocenters. The highest BCUT2D eigenvalue weighted by Crippen LogP contribution is 2.27. The number of halogens is 3. The Morgan fingerprint density at radius 1 is 1.44 bits per heavy atom. The van der Waals surface area contributed by atoms with Crippen molar-refractivity contribution in [2.24, 2.45) is 5.73 Å². The van der Waals surface area contributed by atoms with Crippen molar-refractivity contribution in [3.05, 3.63) is 29.6 Å². The SMILES string of the molecule is Cc1ccc(CNC(=O)C(C)(N)C(F)(F)F)cn1. The number of hydrogen-bond donors (Lipinski definition) is 2. The van der Waals surface area contributed by atoms with Gasteiger partial charge in [-0.2, -0.15) is 13.2 Å². The Bertz CT molecular complexity index is 426. The normalized spacial score (nSPS) is 15.0. The summed E-state index contributed by atoms with van der Waals surface area (Å²) < 4.78 is 37.4. The summed E-state index contributed by atoms with van der Waals surface area (Å²) in [6.07, 6.45) is -3.31. The average Bonchev–Trinajstić information content (AvgIpc) is 2.26. The number of amides is 1. The Kier molecular flexibility index (Phi) is 3.95. The molecule has 0 saturated carbocycles. The van der Waals surface area contributed by atoms with Crippen molar-refractivity contribution in [3.8, 4) is 0 Å². The molecule has 7 heteroatoms. The Morgan fingerprint density at radius 3 is 2.50 bits per heavy atom. The zero-order chi connectivity index (χ0) is 14.0. The quantitative estimate of drug-likeness (QED) is 0.861. The highest BCUT2D eigenvalue weighted by atomic mass is 19.4. The first kappa shape index (κ1) is 14.4. The number of alkyl halides is 3. The van der Waals surface area contributed by atoms with E-state index in [1.807, 2.05) is 0 Å². The molecule has 1 rings (SSSR count). The van der Waals surface area contributed by atoms with E-state index in [2.05, 4.69) is 10.3 Å². The van der Waals surface area contributed by atoms with E-state index in [1.165, 1.54) is 6.20 Å². The van der Waals surface area contributed by atoms with Gasteiger partial charge in [0.25, 0.3) is 0 Å². The predicted molar refractivity (Wildman–Crippen MR) is 59.5 cm³/mol. The van der Waals surface area contributed by atoms with Crippen molar-refractivity contribution < 1.29 is 18.0 Å². The molecule has 0 saturated heterocycles. The van der Waals surface area contributed by atoms with Gasteiger partial charge in [0.1, 0.15) is 0 Å². The number of hydrogen-bond acceptors (Lipinski definition) is 3. The first-order chi connectivity index (χ1) is 8.14. The van der Waals surface area contributed by atoms with Crippen LogP contribution in [0.1, 0.15) is 18.2 Å². The lowest BCUT2D eigenvalue weighted by Gasteiger charge is -2.26. The number of nitrogens with zero attached hydrogens (tertiary/aromatic N) is 1. The minimum atomic E-state index is -4.79. The van der Waals surface area contributed by atoms with E-state index in [1.54, 1.807) is 19.1 Å². The number of nitrogens with one attached hydrogen (secondary N) is 1. The second-order valence-electron chi connectivity index (χ2n) is 4.19. The van der Waals surface area contributed by atoms with Crippen LogP contribution in [0, 0.1) is 6.92 Å². The smallest absolute Gasteiger partial charge is 0.350 e. The lowest BCUT2D eigenvalue weighted by molar-refractivity contribution is -0.187. The molecule has 18 heavy (non-hydrogen) atoms. The molecule has 4 nitrogen and oxygen atoms in total. The second-order valence-corrected chi connectivity index (χ2v) is 4.19. The Balaban J connectivity index is 2.64. The molecule has 0 aliphatic heterocycles. The molecule has 3 N–H and O–H groups in total. The first-order valence-electron chi connectivity index (χ1n) is 5.20. The molecule has 1 amide bonds. The van der Waals surface area contributed by atoms with Crippen LogP contribution in [0.15, 0.2) is 18.3 Å². The van der Waals surface area contributed by atoms with Crippen LogP contribution in [-0.4, -0.2) is 22.6 Å². The molecule has 0 bridgehead atoms. The molecular weight excluding hydrogens is 247 g/mol. The zero-order valence-corrected chi connectivity index (χ0v) is 10.0. The van der Waals surface area contributed by atoms with Gasteiger partial charge in [-0.1, -0.05) is 6.07 Å². The topological polar surface area (TPSA) is 68.0 Å². The summed E-state index contributed by atoms with van der Waals surface area (Å²) in [6.45, 7) is 2.37.